The number of aromatic nitrogens is 3. The van der Waals surface area contributed by atoms with E-state index in [1.807, 2.05) is 63.6 Å². The van der Waals surface area contributed by atoms with E-state index in [0.29, 0.717) is 0 Å². The molecule has 5 nitrogen and oxygen atoms in total. The van der Waals surface area contributed by atoms with Crippen LogP contribution in [0.3, 0.4) is 0 Å². The molecule has 29 heavy (non-hydrogen) atoms. The van der Waals surface area contributed by atoms with Gasteiger partial charge in [-0.3, -0.25) is 9.59 Å². The molecule has 5 heteroatoms. The molecule has 160 valence electrons. The van der Waals surface area contributed by atoms with Gasteiger partial charge >= 0.3 is 0 Å². The van der Waals surface area contributed by atoms with Crippen molar-refractivity contribution in [3.05, 3.63) is 62.4 Å². The van der Waals surface area contributed by atoms with Crippen molar-refractivity contribution >= 4 is 0 Å². The lowest BCUT2D eigenvalue weighted by atomic mass is 9.78. The molecule has 0 N–H and O–H groups in total. The van der Waals surface area contributed by atoms with Crippen molar-refractivity contribution in [2.24, 2.45) is 0 Å². The summed E-state index contributed by atoms with van der Waals surface area (Å²) in [7, 11) is 0. The van der Waals surface area contributed by atoms with Crippen molar-refractivity contribution in [3.8, 4) is 0 Å². The Hall–Kier alpha value is -2.17. The average molecular weight is 400 g/mol. The third-order valence-corrected chi connectivity index (χ3v) is 5.82. The summed E-state index contributed by atoms with van der Waals surface area (Å²) < 4.78 is 3.41. The number of nitrogens with zero attached hydrogens (tertiary/aromatic N) is 3. The highest BCUT2D eigenvalue weighted by molar-refractivity contribution is 5.20. The zero-order chi connectivity index (χ0) is 22.2. The minimum Gasteiger partial charge on any atom is -0.310 e. The first-order valence-electron chi connectivity index (χ1n) is 10.5. The molecular formula is C24H37N3O2. The average Bonchev–Trinajstić information content (AvgIpc) is 2.59. The van der Waals surface area contributed by atoms with Gasteiger partial charge in [-0.15, -0.1) is 0 Å². The zero-order valence-corrected chi connectivity index (χ0v) is 19.5. The maximum absolute atomic E-state index is 13.1. The van der Waals surface area contributed by atoms with E-state index >= 15 is 0 Å². The van der Waals surface area contributed by atoms with Gasteiger partial charge in [-0.2, -0.15) is 5.10 Å². The molecule has 0 aliphatic heterocycles. The van der Waals surface area contributed by atoms with Crippen LogP contribution < -0.4 is 11.1 Å². The zero-order valence-electron chi connectivity index (χ0n) is 19.5. The van der Waals surface area contributed by atoms with Crippen LogP contribution in [0.2, 0.25) is 0 Å². The van der Waals surface area contributed by atoms with Crippen LogP contribution in [0.25, 0.3) is 0 Å². The van der Waals surface area contributed by atoms with Crippen LogP contribution in [0, 0.1) is 0 Å². The Morgan fingerprint density at radius 1 is 0.931 bits per heavy atom. The quantitative estimate of drug-likeness (QED) is 0.702. The van der Waals surface area contributed by atoms with E-state index in [4.69, 9.17) is 0 Å². The molecule has 0 fully saturated rings. The van der Waals surface area contributed by atoms with Gasteiger partial charge in [0.15, 0.2) is 0 Å². The van der Waals surface area contributed by atoms with E-state index in [1.165, 1.54) is 0 Å². The number of hydrogen-bond donors (Lipinski definition) is 0. The summed E-state index contributed by atoms with van der Waals surface area (Å²) in [4.78, 5) is 26.0. The molecule has 0 aliphatic rings. The monoisotopic (exact) mass is 399 g/mol. The molecule has 0 unspecified atom stereocenters. The first-order valence-corrected chi connectivity index (χ1v) is 10.5. The molecule has 0 atom stereocenters. The number of pyridine rings is 1. The van der Waals surface area contributed by atoms with Gasteiger partial charge in [0.2, 0.25) is 0 Å². The second-order valence-electron chi connectivity index (χ2n) is 10.6. The fourth-order valence-corrected chi connectivity index (χ4v) is 3.71. The third kappa shape index (κ3) is 4.88. The lowest BCUT2D eigenvalue weighted by molar-refractivity contribution is 0.272. The molecule has 0 aliphatic carbocycles. The Morgan fingerprint density at radius 2 is 1.55 bits per heavy atom. The van der Waals surface area contributed by atoms with Crippen LogP contribution in [-0.2, 0) is 16.5 Å². The highest BCUT2D eigenvalue weighted by Gasteiger charge is 2.31. The van der Waals surface area contributed by atoms with E-state index < -0.39 is 0 Å². The van der Waals surface area contributed by atoms with Crippen molar-refractivity contribution in [1.29, 1.82) is 0 Å². The molecule has 0 aromatic carbocycles. The van der Waals surface area contributed by atoms with Crippen molar-refractivity contribution in [2.75, 3.05) is 0 Å². The Balaban J connectivity index is 2.35. The van der Waals surface area contributed by atoms with E-state index in [-0.39, 0.29) is 33.5 Å². The summed E-state index contributed by atoms with van der Waals surface area (Å²) in [6.45, 7) is 18.4. The van der Waals surface area contributed by atoms with Gasteiger partial charge in [-0.25, -0.2) is 4.68 Å². The molecule has 0 saturated heterocycles. The third-order valence-electron chi connectivity index (χ3n) is 5.82. The Labute approximate surface area is 174 Å². The van der Waals surface area contributed by atoms with Crippen molar-refractivity contribution < 1.29 is 0 Å². The molecule has 2 aromatic heterocycles. The molecule has 0 saturated carbocycles. The number of hydrogen-bond acceptors (Lipinski definition) is 3. The van der Waals surface area contributed by atoms with Crippen molar-refractivity contribution in [3.63, 3.8) is 0 Å². The largest absolute Gasteiger partial charge is 0.310 e. The van der Waals surface area contributed by atoms with E-state index in [9.17, 15) is 9.59 Å². The lowest BCUT2D eigenvalue weighted by Gasteiger charge is -2.33. The second-order valence-corrected chi connectivity index (χ2v) is 10.6. The van der Waals surface area contributed by atoms with Crippen LogP contribution in [0.5, 0.6) is 0 Å². The highest BCUT2D eigenvalue weighted by atomic mass is 16.1. The van der Waals surface area contributed by atoms with Crippen LogP contribution in [0.1, 0.15) is 92.2 Å². The van der Waals surface area contributed by atoms with Crippen LogP contribution in [-0.4, -0.2) is 14.3 Å². The van der Waals surface area contributed by atoms with Crippen LogP contribution in [0.15, 0.2) is 40.2 Å². The Bertz CT molecular complexity index is 973. The van der Waals surface area contributed by atoms with Gasteiger partial charge < -0.3 is 4.57 Å². The maximum atomic E-state index is 13.1. The van der Waals surface area contributed by atoms with E-state index in [2.05, 4.69) is 32.8 Å². The van der Waals surface area contributed by atoms with Gasteiger partial charge in [0.1, 0.15) is 0 Å². The minimum atomic E-state index is -0.368. The topological polar surface area (TPSA) is 56.9 Å². The normalized spacial score (nSPS) is 13.2. The minimum absolute atomic E-state index is 0.0400. The summed E-state index contributed by atoms with van der Waals surface area (Å²) in [6, 6.07) is 5.70. The van der Waals surface area contributed by atoms with Crippen LogP contribution in [0.4, 0.5) is 0 Å². The summed E-state index contributed by atoms with van der Waals surface area (Å²) in [6.07, 6.45) is 5.15. The summed E-state index contributed by atoms with van der Waals surface area (Å²) in [5, 5.41) is 4.28. The van der Waals surface area contributed by atoms with Crippen molar-refractivity contribution in [2.45, 2.75) is 97.6 Å². The Morgan fingerprint density at radius 3 is 2.10 bits per heavy atom. The lowest BCUT2D eigenvalue weighted by Crippen LogP contribution is -2.42. The predicted octanol–water partition coefficient (Wildman–Crippen LogP) is 4.78. The molecule has 0 radical (unpaired) electrons. The molecular weight excluding hydrogens is 362 g/mol. The summed E-state index contributed by atoms with van der Waals surface area (Å²) in [5.74, 6) is 0.190. The van der Waals surface area contributed by atoms with Gasteiger partial charge in [0.05, 0.1) is 5.54 Å². The molecule has 0 spiro atoms. The molecule has 0 amide bonds. The first-order chi connectivity index (χ1) is 13.2. The Kier molecular flexibility index (Phi) is 6.32. The summed E-state index contributed by atoms with van der Waals surface area (Å²) in [5.41, 5.74) is 0.584. The molecule has 0 bridgehead atoms. The molecule has 2 aromatic rings. The summed E-state index contributed by atoms with van der Waals surface area (Å²) >= 11 is 0. The van der Waals surface area contributed by atoms with Crippen LogP contribution >= 0.6 is 0 Å². The van der Waals surface area contributed by atoms with Gasteiger partial charge in [0, 0.05) is 29.1 Å². The van der Waals surface area contributed by atoms with E-state index in [1.54, 1.807) is 10.9 Å². The fraction of sp³-hybridized carbons (Fsp3) is 0.625. The van der Waals surface area contributed by atoms with E-state index in [0.717, 1.165) is 24.0 Å². The number of rotatable bonds is 6. The highest BCUT2D eigenvalue weighted by Crippen LogP contribution is 2.31. The fourth-order valence-electron chi connectivity index (χ4n) is 3.71. The maximum Gasteiger partial charge on any atom is 0.270 e. The second kappa shape index (κ2) is 7.92. The molecule has 2 rings (SSSR count). The van der Waals surface area contributed by atoms with Gasteiger partial charge in [-0.1, -0.05) is 33.8 Å². The smallest absolute Gasteiger partial charge is 0.270 e. The van der Waals surface area contributed by atoms with Crippen molar-refractivity contribution in [1.82, 2.24) is 14.3 Å². The first kappa shape index (κ1) is 23.1. The van der Waals surface area contributed by atoms with Gasteiger partial charge in [-0.05, 0) is 70.9 Å². The molecule has 2 heterocycles. The predicted molar refractivity (Wildman–Crippen MR) is 120 cm³/mol. The van der Waals surface area contributed by atoms with Gasteiger partial charge in [0.25, 0.3) is 11.1 Å². The SMILES string of the molecule is CC(C)c1cccn(C(C)(C)CCC(C)(C)c2ccnn(C(C)(C)C)c2=O)c1=O. The standard InChI is InChI=1S/C24H37N3O2/c1-17(2)18-11-10-16-26(20(18)28)24(8,9)14-13-23(6,7)19-12-15-25-27(21(19)29)22(3,4)5/h10-12,15-17H,13-14H2,1-9H3.